The van der Waals surface area contributed by atoms with Gasteiger partial charge in [-0.25, -0.2) is 12.8 Å². The van der Waals surface area contributed by atoms with E-state index in [9.17, 15) is 22.4 Å². The third-order valence-electron chi connectivity index (χ3n) is 5.71. The normalized spacial score (nSPS) is 12.0. The van der Waals surface area contributed by atoms with Crippen LogP contribution in [0.4, 0.5) is 10.1 Å². The topological polar surface area (TPSA) is 86.8 Å². The number of halogens is 2. The molecular weight excluding hydrogens is 517 g/mol. The fourth-order valence-electron chi connectivity index (χ4n) is 3.88. The summed E-state index contributed by atoms with van der Waals surface area (Å²) in [5, 5.41) is 3.03. The van der Waals surface area contributed by atoms with E-state index in [-0.39, 0.29) is 23.0 Å². The molecule has 0 saturated carbocycles. The summed E-state index contributed by atoms with van der Waals surface area (Å²) in [7, 11) is -4.16. The van der Waals surface area contributed by atoms with E-state index < -0.39 is 34.3 Å². The number of nitrogens with one attached hydrogen (secondary N) is 1. The molecule has 0 aliphatic carbocycles. The summed E-state index contributed by atoms with van der Waals surface area (Å²) in [6, 6.07) is 18.7. The zero-order chi connectivity index (χ0) is 27.0. The van der Waals surface area contributed by atoms with Gasteiger partial charge in [0.25, 0.3) is 10.0 Å². The first-order valence-electron chi connectivity index (χ1n) is 11.8. The second-order valence-corrected chi connectivity index (χ2v) is 10.6. The molecule has 0 aliphatic rings. The van der Waals surface area contributed by atoms with Gasteiger partial charge in [0.15, 0.2) is 0 Å². The summed E-state index contributed by atoms with van der Waals surface area (Å²) in [5.74, 6) is -1.39. The van der Waals surface area contributed by atoms with E-state index in [0.29, 0.717) is 23.6 Å². The highest BCUT2D eigenvalue weighted by Gasteiger charge is 2.33. The molecule has 3 rings (SSSR count). The van der Waals surface area contributed by atoms with Gasteiger partial charge < -0.3 is 10.2 Å². The summed E-state index contributed by atoms with van der Waals surface area (Å²) in [4.78, 5) is 28.0. The Balaban J connectivity index is 2.04. The number of nitrogens with zero attached hydrogens (tertiary/aromatic N) is 2. The van der Waals surface area contributed by atoms with Gasteiger partial charge in [-0.2, -0.15) is 0 Å². The fraction of sp³-hybridized carbons (Fsp3) is 0.259. The summed E-state index contributed by atoms with van der Waals surface area (Å²) < 4.78 is 41.8. The van der Waals surface area contributed by atoms with Crippen LogP contribution >= 0.6 is 11.6 Å². The predicted molar refractivity (Wildman–Crippen MR) is 142 cm³/mol. The minimum absolute atomic E-state index is 0.00336. The van der Waals surface area contributed by atoms with Crippen LogP contribution < -0.4 is 9.62 Å². The van der Waals surface area contributed by atoms with Crippen LogP contribution in [0.25, 0.3) is 0 Å². The summed E-state index contributed by atoms with van der Waals surface area (Å²) >= 11 is 6.15. The molecule has 0 unspecified atom stereocenters. The lowest BCUT2D eigenvalue weighted by atomic mass is 10.1. The molecule has 3 aromatic carbocycles. The zero-order valence-electron chi connectivity index (χ0n) is 20.6. The van der Waals surface area contributed by atoms with E-state index in [1.807, 2.05) is 0 Å². The molecule has 0 heterocycles. The smallest absolute Gasteiger partial charge is 0.264 e. The van der Waals surface area contributed by atoms with Gasteiger partial charge in [-0.15, -0.1) is 0 Å². The molecule has 2 amide bonds. The highest BCUT2D eigenvalue weighted by Crippen LogP contribution is 2.27. The highest BCUT2D eigenvalue weighted by molar-refractivity contribution is 7.92. The molecule has 0 radical (unpaired) electrons. The van der Waals surface area contributed by atoms with Crippen molar-refractivity contribution in [2.45, 2.75) is 37.8 Å². The maximum atomic E-state index is 13.8. The average Bonchev–Trinajstić information content (AvgIpc) is 2.88. The largest absolute Gasteiger partial charge is 0.355 e. The van der Waals surface area contributed by atoms with Gasteiger partial charge in [0.1, 0.15) is 18.4 Å². The Morgan fingerprint density at radius 1 is 0.973 bits per heavy atom. The molecule has 1 atom stereocenters. The molecule has 37 heavy (non-hydrogen) atoms. The lowest BCUT2D eigenvalue weighted by Crippen LogP contribution is -2.52. The summed E-state index contributed by atoms with van der Waals surface area (Å²) in [6.07, 6.45) is 0.293. The van der Waals surface area contributed by atoms with Crippen molar-refractivity contribution in [1.29, 1.82) is 0 Å². The SMILES string of the molecule is CCNC(=O)[C@@H](CC)N(Cc1ccc(F)cc1)C(=O)CN(c1cccc(Cl)c1)S(=O)(=O)c1ccccc1. The lowest BCUT2D eigenvalue weighted by Gasteiger charge is -2.33. The summed E-state index contributed by atoms with van der Waals surface area (Å²) in [5.41, 5.74) is 0.801. The third kappa shape index (κ3) is 7.08. The molecule has 0 aromatic heterocycles. The molecule has 0 fully saturated rings. The van der Waals surface area contributed by atoms with E-state index >= 15 is 0 Å². The first-order valence-corrected chi connectivity index (χ1v) is 13.6. The number of anilines is 1. The number of carbonyl (C=O) groups excluding carboxylic acids is 2. The van der Waals surface area contributed by atoms with Crippen molar-refractivity contribution in [2.24, 2.45) is 0 Å². The number of hydrogen-bond acceptors (Lipinski definition) is 4. The van der Waals surface area contributed by atoms with Crippen molar-refractivity contribution in [2.75, 3.05) is 17.4 Å². The van der Waals surface area contributed by atoms with Crippen LogP contribution in [0.15, 0.2) is 83.8 Å². The van der Waals surface area contributed by atoms with E-state index in [1.54, 1.807) is 50.2 Å². The molecule has 0 bridgehead atoms. The van der Waals surface area contributed by atoms with Crippen LogP contribution in [0.2, 0.25) is 5.02 Å². The van der Waals surface area contributed by atoms with Crippen molar-refractivity contribution in [3.63, 3.8) is 0 Å². The monoisotopic (exact) mass is 545 g/mol. The van der Waals surface area contributed by atoms with Gasteiger partial charge in [0, 0.05) is 18.1 Å². The number of amides is 2. The fourth-order valence-corrected chi connectivity index (χ4v) is 5.49. The average molecular weight is 546 g/mol. The number of carbonyl (C=O) groups is 2. The van der Waals surface area contributed by atoms with Crippen LogP contribution in [-0.4, -0.2) is 44.3 Å². The lowest BCUT2D eigenvalue weighted by molar-refractivity contribution is -0.140. The highest BCUT2D eigenvalue weighted by atomic mass is 35.5. The third-order valence-corrected chi connectivity index (χ3v) is 7.73. The van der Waals surface area contributed by atoms with Gasteiger partial charge in [-0.3, -0.25) is 13.9 Å². The second kappa shape index (κ2) is 12.7. The zero-order valence-corrected chi connectivity index (χ0v) is 22.2. The van der Waals surface area contributed by atoms with Crippen LogP contribution in [0, 0.1) is 5.82 Å². The van der Waals surface area contributed by atoms with Crippen LogP contribution in [0.1, 0.15) is 25.8 Å². The van der Waals surface area contributed by atoms with Crippen molar-refractivity contribution in [3.05, 3.63) is 95.3 Å². The molecule has 0 saturated heterocycles. The maximum absolute atomic E-state index is 13.8. The Hall–Kier alpha value is -3.43. The van der Waals surface area contributed by atoms with Gasteiger partial charge in [-0.05, 0) is 61.4 Å². The number of sulfonamides is 1. The molecule has 0 spiro atoms. The Morgan fingerprint density at radius 3 is 2.24 bits per heavy atom. The van der Waals surface area contributed by atoms with Crippen LogP contribution in [-0.2, 0) is 26.2 Å². The van der Waals surface area contributed by atoms with E-state index in [1.165, 1.54) is 47.4 Å². The van der Waals surface area contributed by atoms with Crippen molar-refractivity contribution >= 4 is 39.1 Å². The predicted octanol–water partition coefficient (Wildman–Crippen LogP) is 4.62. The minimum atomic E-state index is -4.16. The molecule has 10 heteroatoms. The molecule has 3 aromatic rings. The van der Waals surface area contributed by atoms with Crippen LogP contribution in [0.5, 0.6) is 0 Å². The first-order chi connectivity index (χ1) is 17.7. The Kier molecular flexibility index (Phi) is 9.66. The number of hydrogen-bond donors (Lipinski definition) is 1. The van der Waals surface area contributed by atoms with Gasteiger partial charge in [-0.1, -0.05) is 54.9 Å². The quantitative estimate of drug-likeness (QED) is 0.381. The minimum Gasteiger partial charge on any atom is -0.355 e. The Bertz CT molecular complexity index is 1320. The van der Waals surface area contributed by atoms with E-state index in [0.717, 1.165) is 4.31 Å². The van der Waals surface area contributed by atoms with E-state index in [2.05, 4.69) is 5.32 Å². The number of benzene rings is 3. The number of likely N-dealkylation sites (N-methyl/N-ethyl adjacent to an activating group) is 1. The second-order valence-electron chi connectivity index (χ2n) is 8.27. The number of rotatable bonds is 11. The maximum Gasteiger partial charge on any atom is 0.264 e. The summed E-state index contributed by atoms with van der Waals surface area (Å²) in [6.45, 7) is 3.31. The van der Waals surface area contributed by atoms with Crippen molar-refractivity contribution in [3.8, 4) is 0 Å². The van der Waals surface area contributed by atoms with E-state index in [4.69, 9.17) is 11.6 Å². The van der Waals surface area contributed by atoms with Crippen LogP contribution in [0.3, 0.4) is 0 Å². The Labute approximate surface area is 221 Å². The molecular formula is C27H29ClFN3O4S. The van der Waals surface area contributed by atoms with Gasteiger partial charge >= 0.3 is 0 Å². The molecule has 0 aliphatic heterocycles. The first kappa shape index (κ1) is 28.1. The standard InChI is InChI=1S/C27H29ClFN3O4S/c1-3-25(27(34)30-4-2)31(18-20-13-15-22(29)16-14-20)26(33)19-32(23-10-8-9-21(28)17-23)37(35,36)24-11-6-5-7-12-24/h5-17,25H,3-4,18-19H2,1-2H3,(H,30,34)/t25-/m1/s1. The van der Waals surface area contributed by atoms with Gasteiger partial charge in [0.05, 0.1) is 10.6 Å². The van der Waals surface area contributed by atoms with Gasteiger partial charge in [0.2, 0.25) is 11.8 Å². The van der Waals surface area contributed by atoms with Crippen molar-refractivity contribution < 1.29 is 22.4 Å². The molecule has 1 N–H and O–H groups in total. The molecule has 196 valence electrons. The Morgan fingerprint density at radius 2 is 1.65 bits per heavy atom. The van der Waals surface area contributed by atoms with Crippen molar-refractivity contribution in [1.82, 2.24) is 10.2 Å². The molecule has 7 nitrogen and oxygen atoms in total.